The number of esters is 1. The first kappa shape index (κ1) is 16.3. The zero-order valence-electron chi connectivity index (χ0n) is 12.5. The van der Waals surface area contributed by atoms with Gasteiger partial charge in [0.15, 0.2) is 0 Å². The number of carbonyl (C=O) groups excluding carboxylic acids is 1. The van der Waals surface area contributed by atoms with Gasteiger partial charge >= 0.3 is 5.97 Å². The Hall–Kier alpha value is -1.77. The lowest BCUT2D eigenvalue weighted by Gasteiger charge is -2.25. The van der Waals surface area contributed by atoms with Crippen LogP contribution in [0.15, 0.2) is 47.7 Å². The zero-order chi connectivity index (χ0) is 15.0. The van der Waals surface area contributed by atoms with E-state index in [-0.39, 0.29) is 17.8 Å². The third-order valence-corrected chi connectivity index (χ3v) is 3.04. The smallest absolute Gasteiger partial charge is 0.337 e. The summed E-state index contributed by atoms with van der Waals surface area (Å²) in [5.74, 6) is 0.347. The summed E-state index contributed by atoms with van der Waals surface area (Å²) in [6.07, 6.45) is 1.69. The molecule has 3 heteroatoms. The predicted molar refractivity (Wildman–Crippen MR) is 80.3 cm³/mol. The van der Waals surface area contributed by atoms with Gasteiger partial charge in [0.1, 0.15) is 11.9 Å². The molecule has 1 N–H and O–H groups in total. The van der Waals surface area contributed by atoms with Crippen molar-refractivity contribution in [2.75, 3.05) is 0 Å². The van der Waals surface area contributed by atoms with Crippen LogP contribution in [-0.4, -0.2) is 17.2 Å². The van der Waals surface area contributed by atoms with Crippen LogP contribution in [0.2, 0.25) is 0 Å². The van der Waals surface area contributed by atoms with Crippen LogP contribution in [0, 0.1) is 5.92 Å². The maximum atomic E-state index is 11.4. The van der Waals surface area contributed by atoms with Gasteiger partial charge in [-0.3, -0.25) is 0 Å². The summed E-state index contributed by atoms with van der Waals surface area (Å²) in [6, 6.07) is 12.0. The van der Waals surface area contributed by atoms with Crippen LogP contribution in [0.1, 0.15) is 40.0 Å². The lowest BCUT2D eigenvalue weighted by Crippen LogP contribution is -2.27. The predicted octanol–water partition coefficient (Wildman–Crippen LogP) is 4.26. The Labute approximate surface area is 121 Å². The summed E-state index contributed by atoms with van der Waals surface area (Å²) in [6.45, 7) is 5.99. The van der Waals surface area contributed by atoms with Crippen molar-refractivity contribution in [1.29, 1.82) is 0 Å². The van der Waals surface area contributed by atoms with Crippen LogP contribution in [0.4, 0.5) is 0 Å². The molecule has 1 aromatic carbocycles. The molecule has 1 aliphatic heterocycles. The summed E-state index contributed by atoms with van der Waals surface area (Å²) < 4.78 is 5.21. The Kier molecular flexibility index (Phi) is 6.85. The third kappa shape index (κ3) is 5.47. The van der Waals surface area contributed by atoms with E-state index in [1.807, 2.05) is 43.3 Å². The largest absolute Gasteiger partial charge is 0.512 e. The molecule has 1 aliphatic rings. The number of aliphatic hydroxyl groups excluding tert-OH is 1. The first-order valence-electron chi connectivity index (χ1n) is 7.16. The van der Waals surface area contributed by atoms with E-state index in [0.717, 1.165) is 6.42 Å². The lowest BCUT2D eigenvalue weighted by molar-refractivity contribution is -0.147. The molecule has 110 valence electrons. The van der Waals surface area contributed by atoms with Crippen molar-refractivity contribution in [3.05, 3.63) is 47.7 Å². The number of hydrogen-bond donors (Lipinski definition) is 1. The van der Waals surface area contributed by atoms with Crippen molar-refractivity contribution in [2.45, 2.75) is 46.1 Å². The number of aliphatic hydroxyl groups is 1. The maximum Gasteiger partial charge on any atom is 0.337 e. The Balaban J connectivity index is 0.000000276. The molecule has 0 bridgehead atoms. The molecule has 0 radical (unpaired) electrons. The normalized spacial score (nSPS) is 18.4. The SMILES string of the molecule is CCC1=C(O)CC(CC(C)C)OC1=O.c1ccccc1. The number of carbonyl (C=O) groups is 1. The monoisotopic (exact) mass is 276 g/mol. The molecule has 3 nitrogen and oxygen atoms in total. The number of benzene rings is 1. The molecule has 1 atom stereocenters. The first-order chi connectivity index (χ1) is 9.54. The molecule has 0 saturated carbocycles. The summed E-state index contributed by atoms with van der Waals surface area (Å²) in [5, 5.41) is 9.60. The second-order valence-electron chi connectivity index (χ2n) is 5.29. The lowest BCUT2D eigenvalue weighted by atomic mass is 9.98. The molecule has 1 unspecified atom stereocenters. The van der Waals surface area contributed by atoms with Crippen LogP contribution < -0.4 is 0 Å². The summed E-state index contributed by atoms with van der Waals surface area (Å²) in [5.41, 5.74) is 0.435. The van der Waals surface area contributed by atoms with Gasteiger partial charge in [0.2, 0.25) is 0 Å². The molecular formula is C17H24O3. The van der Waals surface area contributed by atoms with Crippen molar-refractivity contribution in [1.82, 2.24) is 0 Å². The van der Waals surface area contributed by atoms with E-state index in [1.54, 1.807) is 0 Å². The second-order valence-corrected chi connectivity index (χ2v) is 5.29. The highest BCUT2D eigenvalue weighted by molar-refractivity contribution is 5.89. The molecular weight excluding hydrogens is 252 g/mol. The van der Waals surface area contributed by atoms with Gasteiger partial charge in [0.25, 0.3) is 0 Å². The number of rotatable bonds is 3. The fourth-order valence-corrected chi connectivity index (χ4v) is 2.11. The molecule has 0 spiro atoms. The minimum absolute atomic E-state index is 0.141. The summed E-state index contributed by atoms with van der Waals surface area (Å²) >= 11 is 0. The molecule has 1 heterocycles. The van der Waals surface area contributed by atoms with Crippen molar-refractivity contribution < 1.29 is 14.6 Å². The summed E-state index contributed by atoms with van der Waals surface area (Å²) in [7, 11) is 0. The molecule has 0 aliphatic carbocycles. The van der Waals surface area contributed by atoms with Gasteiger partial charge in [-0.1, -0.05) is 57.2 Å². The molecule has 1 aromatic rings. The van der Waals surface area contributed by atoms with Gasteiger partial charge in [-0.2, -0.15) is 0 Å². The van der Waals surface area contributed by atoms with E-state index < -0.39 is 0 Å². The van der Waals surface area contributed by atoms with Crippen molar-refractivity contribution in [3.63, 3.8) is 0 Å². The van der Waals surface area contributed by atoms with Gasteiger partial charge < -0.3 is 9.84 Å². The topological polar surface area (TPSA) is 46.5 Å². The Morgan fingerprint density at radius 2 is 1.70 bits per heavy atom. The highest BCUT2D eigenvalue weighted by Gasteiger charge is 2.27. The molecule has 0 saturated heterocycles. The Morgan fingerprint density at radius 3 is 2.05 bits per heavy atom. The molecule has 0 amide bonds. The highest BCUT2D eigenvalue weighted by atomic mass is 16.5. The van der Waals surface area contributed by atoms with Crippen LogP contribution >= 0.6 is 0 Å². The van der Waals surface area contributed by atoms with Crippen LogP contribution in [0.3, 0.4) is 0 Å². The number of ether oxygens (including phenoxy) is 1. The minimum Gasteiger partial charge on any atom is -0.512 e. The number of hydrogen-bond acceptors (Lipinski definition) is 3. The average Bonchev–Trinajstić information content (AvgIpc) is 2.40. The van der Waals surface area contributed by atoms with Crippen LogP contribution in [0.25, 0.3) is 0 Å². The van der Waals surface area contributed by atoms with Crippen LogP contribution in [-0.2, 0) is 9.53 Å². The Morgan fingerprint density at radius 1 is 1.20 bits per heavy atom. The van der Waals surface area contributed by atoms with E-state index >= 15 is 0 Å². The first-order valence-corrected chi connectivity index (χ1v) is 7.16. The zero-order valence-corrected chi connectivity index (χ0v) is 12.5. The fraction of sp³-hybridized carbons (Fsp3) is 0.471. The molecule has 0 aromatic heterocycles. The van der Waals surface area contributed by atoms with Gasteiger partial charge in [-0.15, -0.1) is 0 Å². The Bertz CT molecular complexity index is 408. The summed E-state index contributed by atoms with van der Waals surface area (Å²) in [4.78, 5) is 11.4. The van der Waals surface area contributed by atoms with E-state index in [0.29, 0.717) is 24.3 Å². The van der Waals surface area contributed by atoms with Gasteiger partial charge in [-0.25, -0.2) is 4.79 Å². The fourth-order valence-electron chi connectivity index (χ4n) is 2.11. The van der Waals surface area contributed by atoms with E-state index in [2.05, 4.69) is 13.8 Å². The molecule has 2 rings (SSSR count). The second kappa shape index (κ2) is 8.41. The maximum absolute atomic E-state index is 11.4. The average molecular weight is 276 g/mol. The third-order valence-electron chi connectivity index (χ3n) is 3.04. The standard InChI is InChI=1S/C11H18O3.C6H6/c1-4-9-10(12)6-8(5-7(2)3)14-11(9)13;1-2-4-6-5-3-1/h7-8,12H,4-6H2,1-3H3;1-6H. The van der Waals surface area contributed by atoms with E-state index in [1.165, 1.54) is 0 Å². The van der Waals surface area contributed by atoms with Crippen LogP contribution in [0.5, 0.6) is 0 Å². The van der Waals surface area contributed by atoms with E-state index in [9.17, 15) is 9.90 Å². The highest BCUT2D eigenvalue weighted by Crippen LogP contribution is 2.25. The molecule has 0 fully saturated rings. The van der Waals surface area contributed by atoms with Crippen molar-refractivity contribution in [2.24, 2.45) is 5.92 Å². The number of cyclic esters (lactones) is 1. The molecule has 20 heavy (non-hydrogen) atoms. The van der Waals surface area contributed by atoms with Crippen molar-refractivity contribution in [3.8, 4) is 0 Å². The van der Waals surface area contributed by atoms with Gasteiger partial charge in [0.05, 0.1) is 5.57 Å². The van der Waals surface area contributed by atoms with E-state index in [4.69, 9.17) is 4.74 Å². The van der Waals surface area contributed by atoms with Crippen molar-refractivity contribution >= 4 is 5.97 Å². The van der Waals surface area contributed by atoms with Gasteiger partial charge in [0, 0.05) is 6.42 Å². The van der Waals surface area contributed by atoms with Gasteiger partial charge in [-0.05, 0) is 18.8 Å². The minimum atomic E-state index is -0.345. The quantitative estimate of drug-likeness (QED) is 0.839.